The zero-order chi connectivity index (χ0) is 15.9. The molecule has 0 unspecified atom stereocenters. The monoisotopic (exact) mass is 313 g/mol. The summed E-state index contributed by atoms with van der Waals surface area (Å²) >= 11 is 1.77. The van der Waals surface area contributed by atoms with E-state index in [-0.39, 0.29) is 5.91 Å². The molecule has 0 aliphatic rings. The summed E-state index contributed by atoms with van der Waals surface area (Å²) in [6.07, 6.45) is 5.78. The molecule has 1 rings (SSSR count). The fourth-order valence-corrected chi connectivity index (χ4v) is 2.55. The van der Waals surface area contributed by atoms with Gasteiger partial charge in [-0.25, -0.2) is 4.79 Å². The highest BCUT2D eigenvalue weighted by atomic mass is 32.2. The van der Waals surface area contributed by atoms with Crippen molar-refractivity contribution in [1.29, 1.82) is 0 Å². The smallest absolute Gasteiger partial charge is 0.331 e. The van der Waals surface area contributed by atoms with Crippen molar-refractivity contribution in [2.45, 2.75) is 45.6 Å². The summed E-state index contributed by atoms with van der Waals surface area (Å²) in [6, 6.07) is 0. The Morgan fingerprint density at radius 2 is 2.14 bits per heavy atom. The van der Waals surface area contributed by atoms with Crippen LogP contribution in [0.2, 0.25) is 0 Å². The van der Waals surface area contributed by atoms with Gasteiger partial charge in [-0.05, 0) is 26.0 Å². The highest BCUT2D eigenvalue weighted by Crippen LogP contribution is 2.17. The fraction of sp³-hybridized carbons (Fsp3) is 0.643. The van der Waals surface area contributed by atoms with Crippen molar-refractivity contribution in [3.63, 3.8) is 0 Å². The lowest BCUT2D eigenvalue weighted by Gasteiger charge is -2.19. The molecule has 0 aromatic carbocycles. The van der Waals surface area contributed by atoms with E-state index < -0.39 is 11.5 Å². The van der Waals surface area contributed by atoms with Crippen molar-refractivity contribution < 1.29 is 14.7 Å². The van der Waals surface area contributed by atoms with Gasteiger partial charge in [-0.2, -0.15) is 16.9 Å². The summed E-state index contributed by atoms with van der Waals surface area (Å²) in [7, 11) is 0. The van der Waals surface area contributed by atoms with Crippen molar-refractivity contribution in [2.24, 2.45) is 0 Å². The molecule has 1 aromatic heterocycles. The van der Waals surface area contributed by atoms with Crippen molar-refractivity contribution in [3.8, 4) is 0 Å². The van der Waals surface area contributed by atoms with E-state index in [9.17, 15) is 9.59 Å². The van der Waals surface area contributed by atoms with Crippen LogP contribution in [-0.2, 0) is 15.1 Å². The van der Waals surface area contributed by atoms with Crippen molar-refractivity contribution in [2.75, 3.05) is 16.8 Å². The molecule has 6 nitrogen and oxygen atoms in total. The van der Waals surface area contributed by atoms with Crippen molar-refractivity contribution >= 4 is 29.3 Å². The molecule has 0 radical (unpaired) electrons. The fourth-order valence-electron chi connectivity index (χ4n) is 1.53. The van der Waals surface area contributed by atoms with Crippen LogP contribution in [-0.4, -0.2) is 38.3 Å². The average molecular weight is 313 g/mol. The average Bonchev–Trinajstić information content (AvgIpc) is 2.87. The third-order valence-electron chi connectivity index (χ3n) is 3.08. The van der Waals surface area contributed by atoms with Crippen molar-refractivity contribution in [1.82, 2.24) is 9.78 Å². The van der Waals surface area contributed by atoms with Crippen LogP contribution in [0.1, 0.15) is 40.0 Å². The number of amides is 1. The molecule has 0 atom stereocenters. The maximum atomic E-state index is 11.8. The Balaban J connectivity index is 2.44. The number of carboxylic acid groups (broad SMARTS) is 1. The van der Waals surface area contributed by atoms with Crippen LogP contribution in [0, 0.1) is 0 Å². The Kier molecular flexibility index (Phi) is 6.74. The predicted octanol–water partition coefficient (Wildman–Crippen LogP) is 2.56. The molecule has 0 bridgehead atoms. The van der Waals surface area contributed by atoms with Gasteiger partial charge < -0.3 is 10.4 Å². The van der Waals surface area contributed by atoms with E-state index in [0.29, 0.717) is 12.1 Å². The Hall–Kier alpha value is -1.50. The summed E-state index contributed by atoms with van der Waals surface area (Å²) in [5.74, 6) is 0.817. The molecular formula is C14H23N3O3S. The van der Waals surface area contributed by atoms with E-state index in [2.05, 4.69) is 17.3 Å². The number of carbonyl (C=O) groups is 2. The van der Waals surface area contributed by atoms with Gasteiger partial charge in [0.15, 0.2) is 5.54 Å². The summed E-state index contributed by atoms with van der Waals surface area (Å²) in [5, 5.41) is 15.9. The van der Waals surface area contributed by atoms with Gasteiger partial charge in [-0.1, -0.05) is 13.3 Å². The van der Waals surface area contributed by atoms with Gasteiger partial charge in [-0.3, -0.25) is 9.48 Å². The molecular weight excluding hydrogens is 290 g/mol. The maximum Gasteiger partial charge on any atom is 0.331 e. The molecule has 0 aliphatic heterocycles. The van der Waals surface area contributed by atoms with E-state index in [4.69, 9.17) is 5.11 Å². The van der Waals surface area contributed by atoms with Crippen LogP contribution >= 0.6 is 11.8 Å². The minimum absolute atomic E-state index is 0.0771. The largest absolute Gasteiger partial charge is 0.479 e. The second-order valence-electron chi connectivity index (χ2n) is 5.30. The van der Waals surface area contributed by atoms with Gasteiger partial charge in [0, 0.05) is 18.4 Å². The van der Waals surface area contributed by atoms with E-state index in [0.717, 1.165) is 17.9 Å². The number of unbranched alkanes of at least 4 members (excludes halogenated alkanes) is 1. The number of aliphatic carboxylic acids is 1. The Morgan fingerprint density at radius 1 is 1.43 bits per heavy atom. The second kappa shape index (κ2) is 8.07. The molecule has 0 saturated heterocycles. The standard InChI is InChI=1S/C14H23N3O3S/c1-4-5-7-21-8-6-12(18)16-11-9-15-17(10-11)14(2,3)13(19)20/h9-10H,4-8H2,1-3H3,(H,16,18)(H,19,20). The number of hydrogen-bond donors (Lipinski definition) is 2. The lowest BCUT2D eigenvalue weighted by Crippen LogP contribution is -2.35. The first-order valence-corrected chi connectivity index (χ1v) is 8.19. The number of aromatic nitrogens is 2. The van der Waals surface area contributed by atoms with E-state index in [1.165, 1.54) is 23.5 Å². The number of rotatable bonds is 9. The predicted molar refractivity (Wildman–Crippen MR) is 84.7 cm³/mol. The van der Waals surface area contributed by atoms with Crippen LogP contribution < -0.4 is 5.32 Å². The van der Waals surface area contributed by atoms with Crippen LogP contribution in [0.5, 0.6) is 0 Å². The highest BCUT2D eigenvalue weighted by Gasteiger charge is 2.30. The zero-order valence-electron chi connectivity index (χ0n) is 12.8. The molecule has 21 heavy (non-hydrogen) atoms. The van der Waals surface area contributed by atoms with Crippen LogP contribution in [0.25, 0.3) is 0 Å². The second-order valence-corrected chi connectivity index (χ2v) is 6.53. The number of carbonyl (C=O) groups excluding carboxylic acids is 1. The number of nitrogens with one attached hydrogen (secondary N) is 1. The molecule has 118 valence electrons. The minimum Gasteiger partial charge on any atom is -0.479 e. The highest BCUT2D eigenvalue weighted by molar-refractivity contribution is 7.99. The molecule has 2 N–H and O–H groups in total. The van der Waals surface area contributed by atoms with Crippen molar-refractivity contribution in [3.05, 3.63) is 12.4 Å². The normalized spacial score (nSPS) is 11.4. The Morgan fingerprint density at radius 3 is 2.76 bits per heavy atom. The number of carboxylic acids is 1. The quantitative estimate of drug-likeness (QED) is 0.684. The van der Waals surface area contributed by atoms with Gasteiger partial charge in [0.2, 0.25) is 5.91 Å². The molecule has 0 aliphatic carbocycles. The zero-order valence-corrected chi connectivity index (χ0v) is 13.6. The maximum absolute atomic E-state index is 11.8. The van der Waals surface area contributed by atoms with Gasteiger partial charge in [0.05, 0.1) is 11.9 Å². The van der Waals surface area contributed by atoms with Crippen LogP contribution in [0.15, 0.2) is 12.4 Å². The van der Waals surface area contributed by atoms with Crippen LogP contribution in [0.4, 0.5) is 5.69 Å². The first-order chi connectivity index (χ1) is 9.87. The summed E-state index contributed by atoms with van der Waals surface area (Å²) < 4.78 is 1.33. The molecule has 0 spiro atoms. The Bertz CT molecular complexity index is 486. The topological polar surface area (TPSA) is 84.2 Å². The lowest BCUT2D eigenvalue weighted by atomic mass is 10.1. The molecule has 1 aromatic rings. The summed E-state index contributed by atoms with van der Waals surface area (Å²) in [5.41, 5.74) is -0.619. The molecule has 1 heterocycles. The first-order valence-electron chi connectivity index (χ1n) is 7.04. The number of thioether (sulfide) groups is 1. The van der Waals surface area contributed by atoms with Gasteiger partial charge in [0.25, 0.3) is 0 Å². The first kappa shape index (κ1) is 17.6. The number of nitrogens with zero attached hydrogens (tertiary/aromatic N) is 2. The SMILES string of the molecule is CCCCSCCC(=O)Nc1cnn(C(C)(C)C(=O)O)c1. The lowest BCUT2D eigenvalue weighted by molar-refractivity contribution is -0.146. The van der Waals surface area contributed by atoms with Gasteiger partial charge >= 0.3 is 5.97 Å². The summed E-state index contributed by atoms with van der Waals surface area (Å²) in [6.45, 7) is 5.25. The van der Waals surface area contributed by atoms with Gasteiger partial charge in [-0.15, -0.1) is 0 Å². The molecule has 0 saturated carbocycles. The summed E-state index contributed by atoms with van der Waals surface area (Å²) in [4.78, 5) is 22.9. The van der Waals surface area contributed by atoms with Crippen LogP contribution in [0.3, 0.4) is 0 Å². The van der Waals surface area contributed by atoms with Gasteiger partial charge in [0.1, 0.15) is 0 Å². The van der Waals surface area contributed by atoms with E-state index in [1.807, 2.05) is 0 Å². The Labute approximate surface area is 129 Å². The minimum atomic E-state index is -1.14. The number of anilines is 1. The third kappa shape index (κ3) is 5.41. The number of hydrogen-bond acceptors (Lipinski definition) is 4. The van der Waals surface area contributed by atoms with E-state index >= 15 is 0 Å². The molecule has 7 heteroatoms. The molecule has 0 fully saturated rings. The third-order valence-corrected chi connectivity index (χ3v) is 4.15. The van der Waals surface area contributed by atoms with E-state index in [1.54, 1.807) is 25.6 Å². The molecule has 1 amide bonds.